The number of carbonyl (C=O) groups excluding carboxylic acids is 4. The molecule has 12 nitrogen and oxygen atoms in total. The molecule has 47 heavy (non-hydrogen) atoms. The first-order valence-electron chi connectivity index (χ1n) is 14.6. The van der Waals surface area contributed by atoms with Gasteiger partial charge in [0.2, 0.25) is 0 Å². The standard InChI is InChI=1S/C35H36O12/c1-6-32(36)46-44-24(4)18-20-40-28-12-8-26(9-13-28)34(38)42-30-16-17-31(23(3)22-30)43-35(39)27-10-14-29(15-11-27)41-21-19-25(5)45-47-33(37)7-2/h6-17,22,24-25H,1-2,18-21H2,3-5H3. The van der Waals surface area contributed by atoms with E-state index in [1.165, 1.54) is 6.07 Å². The molecule has 0 aliphatic carbocycles. The summed E-state index contributed by atoms with van der Waals surface area (Å²) in [5.74, 6) is -0.854. The van der Waals surface area contributed by atoms with Crippen LogP contribution in [0.1, 0.15) is 53.0 Å². The lowest BCUT2D eigenvalue weighted by Crippen LogP contribution is -2.15. The molecule has 0 spiro atoms. The van der Waals surface area contributed by atoms with Crippen LogP contribution in [0.3, 0.4) is 0 Å². The maximum atomic E-state index is 12.7. The van der Waals surface area contributed by atoms with Crippen molar-refractivity contribution in [1.29, 1.82) is 0 Å². The van der Waals surface area contributed by atoms with Gasteiger partial charge in [-0.1, -0.05) is 13.2 Å². The molecule has 0 saturated heterocycles. The van der Waals surface area contributed by atoms with Crippen LogP contribution in [0.2, 0.25) is 0 Å². The summed E-state index contributed by atoms with van der Waals surface area (Å²) in [6, 6.07) is 17.5. The third-order valence-corrected chi connectivity index (χ3v) is 6.25. The summed E-state index contributed by atoms with van der Waals surface area (Å²) >= 11 is 0. The van der Waals surface area contributed by atoms with E-state index in [1.807, 2.05) is 0 Å². The number of benzene rings is 3. The van der Waals surface area contributed by atoms with Crippen molar-refractivity contribution in [3.8, 4) is 23.0 Å². The minimum Gasteiger partial charge on any atom is -0.493 e. The lowest BCUT2D eigenvalue weighted by atomic mass is 10.2. The van der Waals surface area contributed by atoms with E-state index < -0.39 is 23.9 Å². The number of esters is 2. The molecule has 0 bridgehead atoms. The third kappa shape index (κ3) is 12.5. The van der Waals surface area contributed by atoms with Gasteiger partial charge in [0.1, 0.15) is 35.2 Å². The Morgan fingerprint density at radius 2 is 1.06 bits per heavy atom. The van der Waals surface area contributed by atoms with Crippen molar-refractivity contribution in [1.82, 2.24) is 0 Å². The quantitative estimate of drug-likeness (QED) is 0.0519. The van der Waals surface area contributed by atoms with Gasteiger partial charge in [0.15, 0.2) is 0 Å². The van der Waals surface area contributed by atoms with Crippen molar-refractivity contribution in [2.75, 3.05) is 13.2 Å². The SMILES string of the molecule is C=CC(=O)OOC(C)CCOc1ccc(C(=O)Oc2ccc(OC(=O)c3ccc(OCCC(C)OOC(=O)C=C)cc3)c(C)c2)cc1. The van der Waals surface area contributed by atoms with Crippen LogP contribution in [-0.4, -0.2) is 49.3 Å². The topological polar surface area (TPSA) is 142 Å². The predicted octanol–water partition coefficient (Wildman–Crippen LogP) is 6.07. The van der Waals surface area contributed by atoms with E-state index in [1.54, 1.807) is 81.4 Å². The van der Waals surface area contributed by atoms with Gasteiger partial charge in [-0.2, -0.15) is 9.78 Å². The average Bonchev–Trinajstić information content (AvgIpc) is 3.07. The Bertz CT molecular complexity index is 1530. The van der Waals surface area contributed by atoms with Crippen LogP contribution in [0, 0.1) is 6.92 Å². The Morgan fingerprint density at radius 3 is 1.49 bits per heavy atom. The van der Waals surface area contributed by atoms with Crippen LogP contribution < -0.4 is 18.9 Å². The van der Waals surface area contributed by atoms with Gasteiger partial charge in [-0.25, -0.2) is 19.2 Å². The van der Waals surface area contributed by atoms with Crippen LogP contribution in [0.15, 0.2) is 92.0 Å². The summed E-state index contributed by atoms with van der Waals surface area (Å²) in [4.78, 5) is 66.4. The maximum Gasteiger partial charge on any atom is 0.365 e. The molecule has 0 aliphatic heterocycles. The van der Waals surface area contributed by atoms with Crippen molar-refractivity contribution >= 4 is 23.9 Å². The normalized spacial score (nSPS) is 11.7. The first-order chi connectivity index (χ1) is 22.6. The number of ether oxygens (including phenoxy) is 4. The van der Waals surface area contributed by atoms with Gasteiger partial charge in [0.05, 0.1) is 24.3 Å². The second kappa shape index (κ2) is 18.5. The molecule has 2 unspecified atom stereocenters. The van der Waals surface area contributed by atoms with Crippen molar-refractivity contribution in [2.45, 2.75) is 45.8 Å². The summed E-state index contributed by atoms with van der Waals surface area (Å²) in [5, 5.41) is 0. The highest BCUT2D eigenvalue weighted by Crippen LogP contribution is 2.26. The van der Waals surface area contributed by atoms with E-state index in [-0.39, 0.29) is 18.0 Å². The van der Waals surface area contributed by atoms with Crippen molar-refractivity contribution < 1.29 is 57.7 Å². The summed E-state index contributed by atoms with van der Waals surface area (Å²) in [7, 11) is 0. The van der Waals surface area contributed by atoms with Crippen molar-refractivity contribution in [2.24, 2.45) is 0 Å². The van der Waals surface area contributed by atoms with Gasteiger partial charge in [0.25, 0.3) is 0 Å². The molecule has 3 aromatic carbocycles. The largest absolute Gasteiger partial charge is 0.493 e. The molecule has 2 atom stereocenters. The molecule has 0 amide bonds. The molecule has 0 radical (unpaired) electrons. The zero-order valence-electron chi connectivity index (χ0n) is 26.3. The highest BCUT2D eigenvalue weighted by Gasteiger charge is 2.15. The molecule has 3 rings (SSSR count). The van der Waals surface area contributed by atoms with Gasteiger partial charge in [-0.05, 0) is 93.1 Å². The second-order valence-electron chi connectivity index (χ2n) is 10.1. The molecule has 0 saturated carbocycles. The summed E-state index contributed by atoms with van der Waals surface area (Å²) in [6.07, 6.45) is 2.14. The van der Waals surface area contributed by atoms with E-state index in [0.29, 0.717) is 60.0 Å². The zero-order chi connectivity index (χ0) is 34.2. The van der Waals surface area contributed by atoms with Gasteiger partial charge in [-0.3, -0.25) is 9.78 Å². The number of aryl methyl sites for hydroxylation is 1. The summed E-state index contributed by atoms with van der Waals surface area (Å²) < 4.78 is 22.3. The minimum atomic E-state index is -0.678. The van der Waals surface area contributed by atoms with Gasteiger partial charge < -0.3 is 18.9 Å². The molecular weight excluding hydrogens is 612 g/mol. The number of carbonyl (C=O) groups is 4. The monoisotopic (exact) mass is 648 g/mol. The Hall–Kier alpha value is -5.46. The molecule has 12 heteroatoms. The Balaban J connectivity index is 1.44. The Morgan fingerprint density at radius 1 is 0.638 bits per heavy atom. The third-order valence-electron chi connectivity index (χ3n) is 6.25. The molecule has 0 N–H and O–H groups in total. The fraction of sp³-hybridized carbons (Fsp3) is 0.257. The van der Waals surface area contributed by atoms with Crippen molar-refractivity contribution in [3.63, 3.8) is 0 Å². The highest BCUT2D eigenvalue weighted by atomic mass is 17.2. The number of hydrogen-bond acceptors (Lipinski definition) is 12. The van der Waals surface area contributed by atoms with Gasteiger partial charge in [0, 0.05) is 25.0 Å². The molecule has 0 fully saturated rings. The van der Waals surface area contributed by atoms with Gasteiger partial charge >= 0.3 is 23.9 Å². The Labute approximate surface area is 272 Å². The van der Waals surface area contributed by atoms with Crippen LogP contribution in [0.25, 0.3) is 0 Å². The van der Waals surface area contributed by atoms with Gasteiger partial charge in [-0.15, -0.1) is 0 Å². The lowest BCUT2D eigenvalue weighted by Gasteiger charge is -2.12. The van der Waals surface area contributed by atoms with Crippen LogP contribution in [0.5, 0.6) is 23.0 Å². The smallest absolute Gasteiger partial charge is 0.365 e. The van der Waals surface area contributed by atoms with E-state index in [4.69, 9.17) is 28.7 Å². The molecular formula is C35H36O12. The first-order valence-corrected chi connectivity index (χ1v) is 14.6. The van der Waals surface area contributed by atoms with Crippen LogP contribution in [0.4, 0.5) is 0 Å². The fourth-order valence-electron chi connectivity index (χ4n) is 3.61. The van der Waals surface area contributed by atoms with E-state index >= 15 is 0 Å². The minimum absolute atomic E-state index is 0.277. The van der Waals surface area contributed by atoms with Crippen molar-refractivity contribution in [3.05, 3.63) is 109 Å². The molecule has 0 heterocycles. The first kappa shape index (κ1) is 36.0. The van der Waals surface area contributed by atoms with Crippen LogP contribution >= 0.6 is 0 Å². The highest BCUT2D eigenvalue weighted by molar-refractivity contribution is 5.92. The average molecular weight is 649 g/mol. The van der Waals surface area contributed by atoms with E-state index in [9.17, 15) is 19.2 Å². The Kier molecular flexibility index (Phi) is 14.2. The summed E-state index contributed by atoms with van der Waals surface area (Å²) in [5.41, 5.74) is 1.20. The molecule has 0 aromatic heterocycles. The van der Waals surface area contributed by atoms with E-state index in [0.717, 1.165) is 12.2 Å². The van der Waals surface area contributed by atoms with E-state index in [2.05, 4.69) is 22.9 Å². The number of rotatable bonds is 18. The predicted molar refractivity (Wildman–Crippen MR) is 168 cm³/mol. The second-order valence-corrected chi connectivity index (χ2v) is 10.1. The fourth-order valence-corrected chi connectivity index (χ4v) is 3.61. The molecule has 248 valence electrons. The molecule has 3 aromatic rings. The molecule has 0 aliphatic rings. The number of hydrogen-bond donors (Lipinski definition) is 0. The van der Waals surface area contributed by atoms with Crippen LogP contribution in [-0.2, 0) is 29.1 Å². The zero-order valence-corrected chi connectivity index (χ0v) is 26.3. The summed E-state index contributed by atoms with van der Waals surface area (Å²) in [6.45, 7) is 12.3. The lowest BCUT2D eigenvalue weighted by molar-refractivity contribution is -0.291. The maximum absolute atomic E-state index is 12.7.